The maximum atomic E-state index is 13.0. The van der Waals surface area contributed by atoms with Gasteiger partial charge in [0.1, 0.15) is 5.75 Å². The number of carbonyl (C=O) groups is 1. The molecule has 0 radical (unpaired) electrons. The molecule has 2 aromatic rings. The molecule has 0 aromatic heterocycles. The van der Waals surface area contributed by atoms with Gasteiger partial charge in [0.15, 0.2) is 0 Å². The summed E-state index contributed by atoms with van der Waals surface area (Å²) in [6, 6.07) is 13.8. The Balaban J connectivity index is 2.20. The van der Waals surface area contributed by atoms with Crippen molar-refractivity contribution in [2.24, 2.45) is 0 Å². The molecule has 0 heterocycles. The Labute approximate surface area is 167 Å². The molecule has 0 fully saturated rings. The average Bonchev–Trinajstić information content (AvgIpc) is 2.68. The maximum Gasteiger partial charge on any atom is 0.243 e. The van der Waals surface area contributed by atoms with E-state index in [9.17, 15) is 13.2 Å². The van der Waals surface area contributed by atoms with Gasteiger partial charge in [-0.3, -0.25) is 4.79 Å². The van der Waals surface area contributed by atoms with Crippen LogP contribution in [0.3, 0.4) is 0 Å². The van der Waals surface area contributed by atoms with Gasteiger partial charge >= 0.3 is 0 Å². The predicted octanol–water partition coefficient (Wildman–Crippen LogP) is 3.86. The quantitative estimate of drug-likeness (QED) is 0.689. The zero-order valence-electron chi connectivity index (χ0n) is 16.8. The normalized spacial score (nSPS) is 11.6. The topological polar surface area (TPSA) is 75.7 Å². The van der Waals surface area contributed by atoms with Crippen LogP contribution in [0.4, 0.5) is 5.69 Å². The number of nitrogens with zero attached hydrogens (tertiary/aromatic N) is 1. The molecular formula is C21H28N2O4S. The number of benzene rings is 2. The molecule has 2 rings (SSSR count). The monoisotopic (exact) mass is 404 g/mol. The minimum Gasteiger partial charge on any atom is -0.495 e. The summed E-state index contributed by atoms with van der Waals surface area (Å²) in [7, 11) is -2.25. The van der Waals surface area contributed by atoms with Crippen molar-refractivity contribution in [1.29, 1.82) is 0 Å². The zero-order valence-corrected chi connectivity index (χ0v) is 17.6. The molecule has 6 nitrogen and oxygen atoms in total. The lowest BCUT2D eigenvalue weighted by Gasteiger charge is -2.22. The summed E-state index contributed by atoms with van der Waals surface area (Å²) in [6.45, 7) is 5.97. The van der Waals surface area contributed by atoms with Crippen LogP contribution in [0.5, 0.6) is 5.75 Å². The Morgan fingerprint density at radius 3 is 2.32 bits per heavy atom. The van der Waals surface area contributed by atoms with Gasteiger partial charge in [-0.25, -0.2) is 8.42 Å². The van der Waals surface area contributed by atoms with Crippen LogP contribution in [0, 0.1) is 0 Å². The van der Waals surface area contributed by atoms with E-state index in [2.05, 4.69) is 19.2 Å². The fraction of sp³-hybridized carbons (Fsp3) is 0.381. The minimum atomic E-state index is -3.77. The van der Waals surface area contributed by atoms with Gasteiger partial charge in [0.05, 0.1) is 24.2 Å². The lowest BCUT2D eigenvalue weighted by molar-refractivity contribution is -0.116. The number of hydrogen-bond acceptors (Lipinski definition) is 4. The summed E-state index contributed by atoms with van der Waals surface area (Å²) >= 11 is 0. The summed E-state index contributed by atoms with van der Waals surface area (Å²) < 4.78 is 32.5. The van der Waals surface area contributed by atoms with Gasteiger partial charge in [-0.15, -0.1) is 0 Å². The zero-order chi connectivity index (χ0) is 20.7. The van der Waals surface area contributed by atoms with Gasteiger partial charge in [-0.05, 0) is 42.2 Å². The Morgan fingerprint density at radius 1 is 1.11 bits per heavy atom. The number of ether oxygens (including phenoxy) is 1. The van der Waals surface area contributed by atoms with Crippen LogP contribution in [0.25, 0.3) is 0 Å². The van der Waals surface area contributed by atoms with Crippen LogP contribution < -0.4 is 10.1 Å². The summed E-state index contributed by atoms with van der Waals surface area (Å²) in [5, 5.41) is 2.73. The molecule has 0 saturated carbocycles. The Morgan fingerprint density at radius 2 is 1.75 bits per heavy atom. The smallest absolute Gasteiger partial charge is 0.243 e. The van der Waals surface area contributed by atoms with Crippen molar-refractivity contribution in [3.05, 3.63) is 54.1 Å². The van der Waals surface area contributed by atoms with Crippen LogP contribution in [-0.4, -0.2) is 38.8 Å². The molecule has 28 heavy (non-hydrogen) atoms. The lowest BCUT2D eigenvalue weighted by Crippen LogP contribution is -2.38. The second-order valence-electron chi connectivity index (χ2n) is 6.81. The van der Waals surface area contributed by atoms with E-state index >= 15 is 0 Å². The highest BCUT2D eigenvalue weighted by Gasteiger charge is 2.26. The number of para-hydroxylation sites is 2. The summed E-state index contributed by atoms with van der Waals surface area (Å²) in [5.74, 6) is 0.417. The molecule has 152 valence electrons. The molecule has 0 bridgehead atoms. The number of methoxy groups -OCH3 is 1. The first-order chi connectivity index (χ1) is 13.3. The van der Waals surface area contributed by atoms with E-state index in [1.165, 1.54) is 11.4 Å². The van der Waals surface area contributed by atoms with E-state index in [1.54, 1.807) is 36.4 Å². The molecule has 0 aliphatic rings. The van der Waals surface area contributed by atoms with E-state index < -0.39 is 15.9 Å². The van der Waals surface area contributed by atoms with Crippen molar-refractivity contribution >= 4 is 21.6 Å². The van der Waals surface area contributed by atoms with Crippen LogP contribution in [0.15, 0.2) is 53.4 Å². The number of hydrogen-bond donors (Lipinski definition) is 1. The second-order valence-corrected chi connectivity index (χ2v) is 8.75. The highest BCUT2D eigenvalue weighted by Crippen LogP contribution is 2.24. The third-order valence-corrected chi connectivity index (χ3v) is 6.22. The first-order valence-electron chi connectivity index (χ1n) is 9.32. The van der Waals surface area contributed by atoms with Crippen molar-refractivity contribution in [3.8, 4) is 5.75 Å². The standard InChI is InChI=1S/C21H28N2O4S/c1-5-14-23(15-21(24)22-19-8-6-7-9-20(19)27-4)28(25,26)18-12-10-17(11-13-18)16(2)3/h6-13,16H,5,14-15H2,1-4H3,(H,22,24). The van der Waals surface area contributed by atoms with Gasteiger partial charge in [0.25, 0.3) is 0 Å². The van der Waals surface area contributed by atoms with Gasteiger partial charge in [0, 0.05) is 6.54 Å². The Hall–Kier alpha value is -2.38. The van der Waals surface area contributed by atoms with E-state index in [1.807, 2.05) is 19.1 Å². The second kappa shape index (κ2) is 9.71. The summed E-state index contributed by atoms with van der Waals surface area (Å²) in [6.07, 6.45) is 0.602. The number of nitrogens with one attached hydrogen (secondary N) is 1. The number of anilines is 1. The molecule has 7 heteroatoms. The summed E-state index contributed by atoms with van der Waals surface area (Å²) in [5.41, 5.74) is 1.57. The largest absolute Gasteiger partial charge is 0.495 e. The van der Waals surface area contributed by atoms with Gasteiger partial charge in [-0.2, -0.15) is 4.31 Å². The van der Waals surface area contributed by atoms with Gasteiger partial charge < -0.3 is 10.1 Å². The molecule has 2 aromatic carbocycles. The van der Waals surface area contributed by atoms with Crippen molar-refractivity contribution in [2.75, 3.05) is 25.5 Å². The van der Waals surface area contributed by atoms with Gasteiger partial charge in [-0.1, -0.05) is 45.0 Å². The van der Waals surface area contributed by atoms with Crippen LogP contribution in [0.2, 0.25) is 0 Å². The Bertz CT molecular complexity index is 893. The van der Waals surface area contributed by atoms with Gasteiger partial charge in [0.2, 0.25) is 15.9 Å². The minimum absolute atomic E-state index is 0.190. The highest BCUT2D eigenvalue weighted by atomic mass is 32.2. The Kier molecular flexibility index (Phi) is 7.60. The van der Waals surface area contributed by atoms with Crippen molar-refractivity contribution < 1.29 is 17.9 Å². The van der Waals surface area contributed by atoms with E-state index in [0.717, 1.165) is 5.56 Å². The number of carbonyl (C=O) groups excluding carboxylic acids is 1. The van der Waals surface area contributed by atoms with Crippen LogP contribution >= 0.6 is 0 Å². The molecule has 0 spiro atoms. The molecule has 0 aliphatic carbocycles. The van der Waals surface area contributed by atoms with E-state index in [-0.39, 0.29) is 18.0 Å². The third-order valence-electron chi connectivity index (χ3n) is 4.36. The van der Waals surface area contributed by atoms with Crippen LogP contribution in [0.1, 0.15) is 38.7 Å². The highest BCUT2D eigenvalue weighted by molar-refractivity contribution is 7.89. The first kappa shape index (κ1) is 21.9. The number of sulfonamides is 1. The summed E-state index contributed by atoms with van der Waals surface area (Å²) in [4.78, 5) is 12.7. The molecule has 0 unspecified atom stereocenters. The van der Waals surface area contributed by atoms with Crippen LogP contribution in [-0.2, 0) is 14.8 Å². The predicted molar refractivity (Wildman–Crippen MR) is 111 cm³/mol. The van der Waals surface area contributed by atoms with Crippen molar-refractivity contribution in [1.82, 2.24) is 4.31 Å². The fourth-order valence-corrected chi connectivity index (χ4v) is 4.29. The number of rotatable bonds is 9. The van der Waals surface area contributed by atoms with E-state index in [4.69, 9.17) is 4.74 Å². The fourth-order valence-electron chi connectivity index (χ4n) is 2.81. The molecule has 1 N–H and O–H groups in total. The lowest BCUT2D eigenvalue weighted by atomic mass is 10.0. The van der Waals surface area contributed by atoms with Crippen molar-refractivity contribution in [3.63, 3.8) is 0 Å². The molecule has 0 aliphatic heterocycles. The molecule has 1 amide bonds. The maximum absolute atomic E-state index is 13.0. The third kappa shape index (κ3) is 5.33. The number of amides is 1. The SMILES string of the molecule is CCCN(CC(=O)Nc1ccccc1OC)S(=O)(=O)c1ccc(C(C)C)cc1. The molecular weight excluding hydrogens is 376 g/mol. The first-order valence-corrected chi connectivity index (χ1v) is 10.8. The van der Waals surface area contributed by atoms with Crippen molar-refractivity contribution in [2.45, 2.75) is 38.0 Å². The molecule has 0 atom stereocenters. The molecule has 0 saturated heterocycles. The van der Waals surface area contributed by atoms with E-state index in [0.29, 0.717) is 23.8 Å². The average molecular weight is 405 g/mol.